The number of rotatable bonds is 4. The predicted molar refractivity (Wildman–Crippen MR) is 76.4 cm³/mol. The van der Waals surface area contributed by atoms with Gasteiger partial charge in [0, 0.05) is 30.4 Å². The van der Waals surface area contributed by atoms with Gasteiger partial charge in [0.2, 0.25) is 0 Å². The van der Waals surface area contributed by atoms with Crippen LogP contribution in [0.2, 0.25) is 5.02 Å². The molecular formula is C14H14ClN3O. The largest absolute Gasteiger partial charge is 0.373 e. The molecule has 0 radical (unpaired) electrons. The molecule has 0 aliphatic carbocycles. The van der Waals surface area contributed by atoms with Gasteiger partial charge >= 0.3 is 0 Å². The molecule has 0 fully saturated rings. The molecule has 1 aromatic carbocycles. The number of aromatic nitrogens is 1. The number of benzene rings is 1. The summed E-state index contributed by atoms with van der Waals surface area (Å²) >= 11 is 5.89. The maximum absolute atomic E-state index is 12.0. The van der Waals surface area contributed by atoms with Crippen molar-refractivity contribution in [3.8, 4) is 0 Å². The SMILES string of the molecule is CNc1cc(C(=O)NCc2cccc(Cl)c2)ccn1. The maximum Gasteiger partial charge on any atom is 0.251 e. The molecule has 0 saturated heterocycles. The van der Waals surface area contributed by atoms with Crippen LogP contribution in [0, 0.1) is 0 Å². The van der Waals surface area contributed by atoms with Crippen LogP contribution in [0.25, 0.3) is 0 Å². The van der Waals surface area contributed by atoms with Gasteiger partial charge in [-0.1, -0.05) is 23.7 Å². The van der Waals surface area contributed by atoms with Crippen molar-refractivity contribution in [3.05, 3.63) is 58.7 Å². The van der Waals surface area contributed by atoms with Crippen LogP contribution < -0.4 is 10.6 Å². The van der Waals surface area contributed by atoms with Crippen molar-refractivity contribution < 1.29 is 4.79 Å². The minimum Gasteiger partial charge on any atom is -0.373 e. The molecular weight excluding hydrogens is 262 g/mol. The molecule has 0 bridgehead atoms. The number of carbonyl (C=O) groups excluding carboxylic acids is 1. The smallest absolute Gasteiger partial charge is 0.251 e. The van der Waals surface area contributed by atoms with Crippen molar-refractivity contribution in [3.63, 3.8) is 0 Å². The first-order valence-corrected chi connectivity index (χ1v) is 6.23. The molecule has 2 rings (SSSR count). The first-order chi connectivity index (χ1) is 9.19. The van der Waals surface area contributed by atoms with Crippen molar-refractivity contribution in [2.75, 3.05) is 12.4 Å². The third-order valence-electron chi connectivity index (χ3n) is 2.62. The maximum atomic E-state index is 12.0. The quantitative estimate of drug-likeness (QED) is 0.902. The van der Waals surface area contributed by atoms with Crippen LogP contribution in [0.3, 0.4) is 0 Å². The lowest BCUT2D eigenvalue weighted by molar-refractivity contribution is 0.0951. The Morgan fingerprint density at radius 3 is 2.89 bits per heavy atom. The predicted octanol–water partition coefficient (Wildman–Crippen LogP) is 2.71. The van der Waals surface area contributed by atoms with Gasteiger partial charge in [-0.15, -0.1) is 0 Å². The Bertz CT molecular complexity index is 586. The van der Waals surface area contributed by atoms with Crippen molar-refractivity contribution >= 4 is 23.3 Å². The van der Waals surface area contributed by atoms with Gasteiger partial charge in [-0.05, 0) is 29.8 Å². The molecule has 0 unspecified atom stereocenters. The fourth-order valence-electron chi connectivity index (χ4n) is 1.64. The van der Waals surface area contributed by atoms with Gasteiger partial charge in [0.05, 0.1) is 0 Å². The molecule has 4 nitrogen and oxygen atoms in total. The van der Waals surface area contributed by atoms with Gasteiger partial charge in [0.25, 0.3) is 5.91 Å². The van der Waals surface area contributed by atoms with E-state index in [0.29, 0.717) is 22.9 Å². The summed E-state index contributed by atoms with van der Waals surface area (Å²) in [4.78, 5) is 16.0. The van der Waals surface area contributed by atoms with Gasteiger partial charge in [0.15, 0.2) is 0 Å². The summed E-state index contributed by atoms with van der Waals surface area (Å²) in [6.45, 7) is 0.441. The average molecular weight is 276 g/mol. The Kier molecular flexibility index (Phi) is 4.36. The summed E-state index contributed by atoms with van der Waals surface area (Å²) in [6, 6.07) is 10.8. The molecule has 2 N–H and O–H groups in total. The van der Waals surface area contributed by atoms with Crippen LogP contribution in [0.1, 0.15) is 15.9 Å². The van der Waals surface area contributed by atoms with E-state index in [2.05, 4.69) is 15.6 Å². The van der Waals surface area contributed by atoms with E-state index in [0.717, 1.165) is 5.56 Å². The van der Waals surface area contributed by atoms with E-state index in [4.69, 9.17) is 11.6 Å². The van der Waals surface area contributed by atoms with Crippen LogP contribution in [-0.2, 0) is 6.54 Å². The van der Waals surface area contributed by atoms with Crippen LogP contribution in [0.4, 0.5) is 5.82 Å². The first kappa shape index (κ1) is 13.4. The first-order valence-electron chi connectivity index (χ1n) is 5.85. The summed E-state index contributed by atoms with van der Waals surface area (Å²) in [5, 5.41) is 6.40. The fraction of sp³-hybridized carbons (Fsp3) is 0.143. The summed E-state index contributed by atoms with van der Waals surface area (Å²) in [6.07, 6.45) is 1.60. The van der Waals surface area contributed by atoms with E-state index in [9.17, 15) is 4.79 Å². The Labute approximate surface area is 116 Å². The van der Waals surface area contributed by atoms with Gasteiger partial charge in [-0.3, -0.25) is 4.79 Å². The minimum absolute atomic E-state index is 0.140. The Balaban J connectivity index is 2.01. The van der Waals surface area contributed by atoms with E-state index in [1.165, 1.54) is 0 Å². The van der Waals surface area contributed by atoms with E-state index in [1.54, 1.807) is 31.4 Å². The van der Waals surface area contributed by atoms with Crippen LogP contribution in [0.5, 0.6) is 0 Å². The number of anilines is 1. The lowest BCUT2D eigenvalue weighted by Crippen LogP contribution is -2.22. The summed E-state index contributed by atoms with van der Waals surface area (Å²) in [7, 11) is 1.76. The molecule has 0 aliphatic heterocycles. The molecule has 0 aliphatic rings. The third-order valence-corrected chi connectivity index (χ3v) is 2.86. The molecule has 19 heavy (non-hydrogen) atoms. The lowest BCUT2D eigenvalue weighted by atomic mass is 10.2. The highest BCUT2D eigenvalue weighted by Crippen LogP contribution is 2.11. The van der Waals surface area contributed by atoms with Crippen LogP contribution in [-0.4, -0.2) is 17.9 Å². The van der Waals surface area contributed by atoms with Gasteiger partial charge < -0.3 is 10.6 Å². The average Bonchev–Trinajstić information content (AvgIpc) is 2.45. The van der Waals surface area contributed by atoms with Crippen molar-refractivity contribution in [2.45, 2.75) is 6.54 Å². The molecule has 0 saturated carbocycles. The Morgan fingerprint density at radius 2 is 2.16 bits per heavy atom. The van der Waals surface area contributed by atoms with Gasteiger partial charge in [0.1, 0.15) is 5.82 Å². The number of pyridine rings is 1. The summed E-state index contributed by atoms with van der Waals surface area (Å²) in [5.74, 6) is 0.522. The van der Waals surface area contributed by atoms with Crippen LogP contribution in [0.15, 0.2) is 42.6 Å². The van der Waals surface area contributed by atoms with Crippen molar-refractivity contribution in [2.24, 2.45) is 0 Å². The highest BCUT2D eigenvalue weighted by atomic mass is 35.5. The minimum atomic E-state index is -0.140. The molecule has 1 aromatic heterocycles. The number of amides is 1. The Morgan fingerprint density at radius 1 is 1.32 bits per heavy atom. The normalized spacial score (nSPS) is 10.0. The molecule has 1 heterocycles. The van der Waals surface area contributed by atoms with Crippen molar-refractivity contribution in [1.82, 2.24) is 10.3 Å². The van der Waals surface area contributed by atoms with Crippen LogP contribution >= 0.6 is 11.6 Å². The molecule has 2 aromatic rings. The lowest BCUT2D eigenvalue weighted by Gasteiger charge is -2.07. The van der Waals surface area contributed by atoms with Crippen molar-refractivity contribution in [1.29, 1.82) is 0 Å². The third kappa shape index (κ3) is 3.69. The zero-order valence-corrected chi connectivity index (χ0v) is 11.2. The molecule has 1 amide bonds. The van der Waals surface area contributed by atoms with Gasteiger partial charge in [-0.25, -0.2) is 4.98 Å². The second-order valence-corrected chi connectivity index (χ2v) is 4.43. The molecule has 5 heteroatoms. The molecule has 98 valence electrons. The number of nitrogens with one attached hydrogen (secondary N) is 2. The highest BCUT2D eigenvalue weighted by Gasteiger charge is 2.06. The van der Waals surface area contributed by atoms with E-state index >= 15 is 0 Å². The number of carbonyl (C=O) groups is 1. The topological polar surface area (TPSA) is 54.0 Å². The second kappa shape index (κ2) is 6.20. The summed E-state index contributed by atoms with van der Waals surface area (Å²) in [5.41, 5.74) is 1.53. The van der Waals surface area contributed by atoms with E-state index in [1.807, 2.05) is 18.2 Å². The molecule has 0 spiro atoms. The number of hydrogen-bond donors (Lipinski definition) is 2. The summed E-state index contributed by atoms with van der Waals surface area (Å²) < 4.78 is 0. The number of hydrogen-bond acceptors (Lipinski definition) is 3. The van der Waals surface area contributed by atoms with E-state index in [-0.39, 0.29) is 5.91 Å². The fourth-order valence-corrected chi connectivity index (χ4v) is 1.85. The zero-order valence-electron chi connectivity index (χ0n) is 10.5. The standard InChI is InChI=1S/C14H14ClN3O/c1-16-13-8-11(5-6-17-13)14(19)18-9-10-3-2-4-12(15)7-10/h2-8H,9H2,1H3,(H,16,17)(H,18,19). The number of nitrogens with zero attached hydrogens (tertiary/aromatic N) is 1. The molecule has 0 atom stereocenters. The second-order valence-electron chi connectivity index (χ2n) is 3.99. The van der Waals surface area contributed by atoms with E-state index < -0.39 is 0 Å². The highest BCUT2D eigenvalue weighted by molar-refractivity contribution is 6.30. The van der Waals surface area contributed by atoms with Gasteiger partial charge in [-0.2, -0.15) is 0 Å². The Hall–Kier alpha value is -2.07. The number of halogens is 1. The monoisotopic (exact) mass is 275 g/mol. The zero-order chi connectivity index (χ0) is 13.7.